The molecule has 0 aromatic rings. The summed E-state index contributed by atoms with van der Waals surface area (Å²) in [5.74, 6) is -0.868. The van der Waals surface area contributed by atoms with Crippen LogP contribution in [0, 0.1) is 5.92 Å². The molecule has 0 rings (SSSR count). The molecule has 0 aliphatic carbocycles. The number of aliphatic carboxylic acids is 1. The van der Waals surface area contributed by atoms with Gasteiger partial charge in [-0.25, -0.2) is 4.79 Å². The number of carboxylic acids is 1. The number of nitrogens with one attached hydrogen (secondary N) is 1. The Kier molecular flexibility index (Phi) is 7.51. The molecule has 1 atom stereocenters. The zero-order chi connectivity index (χ0) is 14.1. The lowest BCUT2D eigenvalue weighted by Gasteiger charge is -2.26. The Bertz CT molecular complexity index is 303. The van der Waals surface area contributed by atoms with E-state index in [1.807, 2.05) is 13.8 Å². The molecular formula is C13H22N2O3. The van der Waals surface area contributed by atoms with Crippen LogP contribution >= 0.6 is 0 Å². The number of hydrogen-bond acceptors (Lipinski definition) is 2. The van der Waals surface area contributed by atoms with Gasteiger partial charge in [-0.05, 0) is 5.92 Å². The van der Waals surface area contributed by atoms with Gasteiger partial charge in [0.25, 0.3) is 0 Å². The molecule has 0 aliphatic rings. The fraction of sp³-hybridized carbons (Fsp3) is 0.538. The Balaban J connectivity index is 4.58. The second-order valence-electron chi connectivity index (χ2n) is 4.38. The van der Waals surface area contributed by atoms with E-state index in [2.05, 4.69) is 18.5 Å². The molecule has 2 amide bonds. The molecule has 0 aromatic carbocycles. The number of nitrogens with zero attached hydrogens (tertiary/aromatic N) is 1. The lowest BCUT2D eigenvalue weighted by molar-refractivity contribution is -0.137. The predicted molar refractivity (Wildman–Crippen MR) is 71.4 cm³/mol. The minimum Gasteiger partial charge on any atom is -0.481 e. The van der Waals surface area contributed by atoms with Crippen molar-refractivity contribution in [2.75, 3.05) is 13.1 Å². The summed E-state index contributed by atoms with van der Waals surface area (Å²) < 4.78 is 0. The Morgan fingerprint density at radius 3 is 2.11 bits per heavy atom. The highest BCUT2D eigenvalue weighted by Crippen LogP contribution is 2.07. The van der Waals surface area contributed by atoms with Gasteiger partial charge in [-0.3, -0.25) is 4.79 Å². The van der Waals surface area contributed by atoms with E-state index in [9.17, 15) is 9.59 Å². The van der Waals surface area contributed by atoms with Crippen molar-refractivity contribution in [2.24, 2.45) is 5.92 Å². The first kappa shape index (κ1) is 16.2. The van der Waals surface area contributed by atoms with Gasteiger partial charge >= 0.3 is 12.0 Å². The molecule has 0 saturated carbocycles. The zero-order valence-electron chi connectivity index (χ0n) is 11.1. The molecule has 0 aromatic heterocycles. The van der Waals surface area contributed by atoms with Crippen LogP contribution in [0.25, 0.3) is 0 Å². The summed E-state index contributed by atoms with van der Waals surface area (Å²) in [5.41, 5.74) is 0. The molecule has 2 N–H and O–H groups in total. The minimum atomic E-state index is -0.923. The van der Waals surface area contributed by atoms with E-state index in [1.165, 1.54) is 4.90 Å². The maximum Gasteiger partial charge on any atom is 0.318 e. The van der Waals surface area contributed by atoms with Gasteiger partial charge in [0.2, 0.25) is 0 Å². The van der Waals surface area contributed by atoms with Gasteiger partial charge in [0.05, 0.1) is 6.42 Å². The van der Waals surface area contributed by atoms with E-state index in [4.69, 9.17) is 5.11 Å². The van der Waals surface area contributed by atoms with Crippen molar-refractivity contribution in [3.8, 4) is 0 Å². The molecular weight excluding hydrogens is 232 g/mol. The van der Waals surface area contributed by atoms with Crippen LogP contribution in [0.1, 0.15) is 20.3 Å². The number of hydrogen-bond donors (Lipinski definition) is 2. The van der Waals surface area contributed by atoms with Gasteiger partial charge in [0, 0.05) is 19.1 Å². The molecule has 0 bridgehead atoms. The van der Waals surface area contributed by atoms with Gasteiger partial charge in [-0.2, -0.15) is 0 Å². The standard InChI is InChI=1S/C13H22N2O3/c1-5-7-15(8-6-2)13(18)14-11(10(3)4)9-12(16)17/h5-6,10-11H,1-2,7-9H2,3-4H3,(H,14,18)(H,16,17). The maximum absolute atomic E-state index is 11.9. The van der Waals surface area contributed by atoms with Crippen LogP contribution in [0.4, 0.5) is 4.79 Å². The Morgan fingerprint density at radius 2 is 1.78 bits per heavy atom. The van der Waals surface area contributed by atoms with Crippen LogP contribution in [0.3, 0.4) is 0 Å². The summed E-state index contributed by atoms with van der Waals surface area (Å²) in [7, 11) is 0. The van der Waals surface area contributed by atoms with Crippen molar-refractivity contribution in [1.29, 1.82) is 0 Å². The first-order valence-electron chi connectivity index (χ1n) is 5.91. The number of rotatable bonds is 8. The van der Waals surface area contributed by atoms with Crippen LogP contribution in [-0.2, 0) is 4.79 Å². The maximum atomic E-state index is 11.9. The number of carboxylic acid groups (broad SMARTS) is 1. The third-order valence-corrected chi connectivity index (χ3v) is 2.49. The fourth-order valence-corrected chi connectivity index (χ4v) is 1.44. The molecule has 0 fully saturated rings. The largest absolute Gasteiger partial charge is 0.481 e. The van der Waals surface area contributed by atoms with E-state index >= 15 is 0 Å². The van der Waals surface area contributed by atoms with Gasteiger partial charge in [-0.15, -0.1) is 13.2 Å². The normalized spacial score (nSPS) is 11.7. The molecule has 5 heteroatoms. The van der Waals surface area contributed by atoms with Crippen molar-refractivity contribution in [1.82, 2.24) is 10.2 Å². The van der Waals surface area contributed by atoms with E-state index in [1.54, 1.807) is 12.2 Å². The van der Waals surface area contributed by atoms with E-state index in [0.29, 0.717) is 13.1 Å². The third kappa shape index (κ3) is 6.08. The van der Waals surface area contributed by atoms with E-state index in [0.717, 1.165) is 0 Å². The smallest absolute Gasteiger partial charge is 0.318 e. The minimum absolute atomic E-state index is 0.0550. The van der Waals surface area contributed by atoms with Crippen molar-refractivity contribution in [3.63, 3.8) is 0 Å². The van der Waals surface area contributed by atoms with Crippen molar-refractivity contribution >= 4 is 12.0 Å². The molecule has 0 saturated heterocycles. The first-order valence-corrected chi connectivity index (χ1v) is 5.91. The molecule has 0 radical (unpaired) electrons. The highest BCUT2D eigenvalue weighted by atomic mass is 16.4. The summed E-state index contributed by atoms with van der Waals surface area (Å²) in [6, 6.07) is -0.679. The predicted octanol–water partition coefficient (Wildman–Crippen LogP) is 1.87. The molecule has 0 aliphatic heterocycles. The van der Waals surface area contributed by atoms with Gasteiger partial charge in [-0.1, -0.05) is 26.0 Å². The Hall–Kier alpha value is -1.78. The lowest BCUT2D eigenvalue weighted by atomic mass is 10.0. The number of amides is 2. The van der Waals surface area contributed by atoms with E-state index in [-0.39, 0.29) is 24.4 Å². The van der Waals surface area contributed by atoms with Crippen molar-refractivity contribution in [2.45, 2.75) is 26.3 Å². The number of carbonyl (C=O) groups is 2. The lowest BCUT2D eigenvalue weighted by Crippen LogP contribution is -2.47. The number of urea groups is 1. The fourth-order valence-electron chi connectivity index (χ4n) is 1.44. The average molecular weight is 254 g/mol. The Morgan fingerprint density at radius 1 is 1.28 bits per heavy atom. The van der Waals surface area contributed by atoms with Gasteiger partial charge in [0.1, 0.15) is 0 Å². The topological polar surface area (TPSA) is 69.6 Å². The van der Waals surface area contributed by atoms with Crippen molar-refractivity contribution in [3.05, 3.63) is 25.3 Å². The SMILES string of the molecule is C=CCN(CC=C)C(=O)NC(CC(=O)O)C(C)C. The van der Waals surface area contributed by atoms with Crippen LogP contribution in [-0.4, -0.2) is 41.1 Å². The molecule has 102 valence electrons. The summed E-state index contributed by atoms with van der Waals surface area (Å²) in [6.07, 6.45) is 3.15. The third-order valence-electron chi connectivity index (χ3n) is 2.49. The van der Waals surface area contributed by atoms with Gasteiger partial charge < -0.3 is 15.3 Å². The highest BCUT2D eigenvalue weighted by Gasteiger charge is 2.21. The second-order valence-corrected chi connectivity index (χ2v) is 4.38. The molecule has 0 heterocycles. The average Bonchev–Trinajstić information content (AvgIpc) is 2.27. The highest BCUT2D eigenvalue weighted by molar-refractivity contribution is 5.76. The quantitative estimate of drug-likeness (QED) is 0.650. The molecule has 18 heavy (non-hydrogen) atoms. The summed E-state index contributed by atoms with van der Waals surface area (Å²) in [4.78, 5) is 24.2. The first-order chi connectivity index (χ1) is 8.42. The molecule has 1 unspecified atom stereocenters. The summed E-state index contributed by atoms with van der Waals surface area (Å²) in [6.45, 7) is 11.7. The second kappa shape index (κ2) is 8.33. The van der Waals surface area contributed by atoms with Crippen LogP contribution < -0.4 is 5.32 Å². The summed E-state index contributed by atoms with van der Waals surface area (Å²) in [5, 5.41) is 11.5. The zero-order valence-corrected chi connectivity index (χ0v) is 11.1. The van der Waals surface area contributed by atoms with Gasteiger partial charge in [0.15, 0.2) is 0 Å². The molecule has 0 spiro atoms. The van der Waals surface area contributed by atoms with E-state index < -0.39 is 5.97 Å². The molecule has 5 nitrogen and oxygen atoms in total. The van der Waals surface area contributed by atoms with Crippen molar-refractivity contribution < 1.29 is 14.7 Å². The monoisotopic (exact) mass is 254 g/mol. The van der Waals surface area contributed by atoms with Crippen LogP contribution in [0.2, 0.25) is 0 Å². The summed E-state index contributed by atoms with van der Waals surface area (Å²) >= 11 is 0. The Labute approximate surface area is 108 Å². The van der Waals surface area contributed by atoms with Crippen LogP contribution in [0.5, 0.6) is 0 Å². The number of carbonyl (C=O) groups excluding carboxylic acids is 1. The van der Waals surface area contributed by atoms with Crippen LogP contribution in [0.15, 0.2) is 25.3 Å².